The van der Waals surface area contributed by atoms with Gasteiger partial charge in [0.1, 0.15) is 35.7 Å². The molecule has 70 heavy (non-hydrogen) atoms. The Morgan fingerprint density at radius 3 is 2.47 bits per heavy atom. The maximum atomic E-state index is 14.3. The molecule has 20 heteroatoms. The first-order valence-corrected chi connectivity index (χ1v) is 26.3. The van der Waals surface area contributed by atoms with Gasteiger partial charge in [0.2, 0.25) is 11.8 Å². The van der Waals surface area contributed by atoms with E-state index in [1.54, 1.807) is 61.6 Å². The smallest absolute Gasteiger partial charge is 0.409 e. The van der Waals surface area contributed by atoms with Crippen LogP contribution in [0.5, 0.6) is 0 Å². The van der Waals surface area contributed by atoms with E-state index in [0.717, 1.165) is 27.4 Å². The van der Waals surface area contributed by atoms with E-state index in [-0.39, 0.29) is 73.7 Å². The van der Waals surface area contributed by atoms with Crippen LogP contribution in [0.4, 0.5) is 10.5 Å². The molecule has 4 aliphatic rings. The fraction of sp³-hybridized carbons (Fsp3) is 0.620. The van der Waals surface area contributed by atoms with E-state index >= 15 is 0 Å². The fourth-order valence-electron chi connectivity index (χ4n) is 8.63. The summed E-state index contributed by atoms with van der Waals surface area (Å²) >= 11 is 6.83. The SMILES string of the molecule is CO[C@@H]1/C=C/C=C(\C)Cc2cc(C)c(Cl)c(c2)N(C)C(=O)C[C@H](OC(=O)[C@H](C)N(C)C(=O)CCC(C)(C)SSCCCC(=O)CCOCCN2C(=O)C=CC2=O)[C@]2(C)O[C@H]2[C@H](C)[C@@H]2C[C@@]1(O)NC(=O)O2. The number of ketones is 1. The second kappa shape index (κ2) is 24.5. The molecular formula is C50H69ClN4O13S2. The van der Waals surface area contributed by atoms with E-state index in [1.165, 1.54) is 36.1 Å². The van der Waals surface area contributed by atoms with Crippen molar-refractivity contribution in [2.45, 2.75) is 146 Å². The third-order valence-electron chi connectivity index (χ3n) is 13.3. The average molecular weight is 1030 g/mol. The number of hydrogen-bond donors (Lipinski definition) is 2. The predicted octanol–water partition coefficient (Wildman–Crippen LogP) is 6.44. The number of anilines is 1. The van der Waals surface area contributed by atoms with Crippen LogP contribution >= 0.6 is 33.2 Å². The van der Waals surface area contributed by atoms with E-state index in [0.29, 0.717) is 36.4 Å². The summed E-state index contributed by atoms with van der Waals surface area (Å²) in [4.78, 5) is 94.5. The summed E-state index contributed by atoms with van der Waals surface area (Å²) in [7, 11) is 7.82. The van der Waals surface area contributed by atoms with E-state index in [4.69, 9.17) is 35.3 Å². The van der Waals surface area contributed by atoms with Crippen LogP contribution in [0.2, 0.25) is 5.02 Å². The zero-order valence-electron chi connectivity index (χ0n) is 41.9. The number of fused-ring (bicyclic) bond motifs is 5. The van der Waals surface area contributed by atoms with Gasteiger partial charge in [0, 0.05) is 75.5 Å². The van der Waals surface area contributed by atoms with Crippen molar-refractivity contribution in [3.8, 4) is 0 Å². The molecule has 1 aromatic carbocycles. The van der Waals surface area contributed by atoms with Gasteiger partial charge in [-0.3, -0.25) is 34.2 Å². The van der Waals surface area contributed by atoms with Crippen molar-refractivity contribution < 1.29 is 62.4 Å². The summed E-state index contributed by atoms with van der Waals surface area (Å²) in [6.07, 6.45) is 5.32. The number of carbonyl (C=O) groups is 7. The van der Waals surface area contributed by atoms with Crippen LogP contribution in [0.1, 0.15) is 97.6 Å². The Morgan fingerprint density at radius 1 is 1.09 bits per heavy atom. The van der Waals surface area contributed by atoms with Gasteiger partial charge in [-0.1, -0.05) is 70.0 Å². The summed E-state index contributed by atoms with van der Waals surface area (Å²) in [6.45, 7) is 13.5. The van der Waals surface area contributed by atoms with Crippen LogP contribution in [0.15, 0.2) is 48.1 Å². The summed E-state index contributed by atoms with van der Waals surface area (Å²) in [5, 5.41) is 14.7. The molecule has 0 aliphatic carbocycles. The van der Waals surface area contributed by atoms with Crippen molar-refractivity contribution in [2.75, 3.05) is 51.6 Å². The number of ether oxygens (including phenoxy) is 5. The topological polar surface area (TPSA) is 211 Å². The minimum Gasteiger partial charge on any atom is -0.457 e. The van der Waals surface area contributed by atoms with Gasteiger partial charge in [-0.25, -0.2) is 9.59 Å². The second-order valence-electron chi connectivity index (χ2n) is 19.3. The molecule has 4 heterocycles. The molecule has 2 N–H and O–H groups in total. The van der Waals surface area contributed by atoms with Crippen molar-refractivity contribution in [1.29, 1.82) is 0 Å². The lowest BCUT2D eigenvalue weighted by molar-refractivity contribution is -0.162. The number of amides is 5. The van der Waals surface area contributed by atoms with E-state index in [2.05, 4.69) is 5.32 Å². The van der Waals surface area contributed by atoms with Crippen LogP contribution in [0.25, 0.3) is 0 Å². The molecule has 2 saturated heterocycles. The number of rotatable bonds is 19. The molecule has 1 aromatic rings. The van der Waals surface area contributed by atoms with Crippen molar-refractivity contribution in [3.05, 3.63) is 64.2 Å². The summed E-state index contributed by atoms with van der Waals surface area (Å²) in [5.41, 5.74) is 0.00138. The maximum Gasteiger partial charge on any atom is 0.409 e. The number of likely N-dealkylation sites (N-methyl/N-ethyl adjacent to an activating group) is 1. The standard InChI is InChI=1S/C50H69ClN4O13S2/c1-30-13-11-15-38(64-10)50(63)29-37(66-47(62)52-50)32(3)45-49(7,68-45)39(28-43(60)54(9)36-27-34(25-30)26-31(2)44(36)51)67-46(61)33(4)53(8)40(57)18-20-48(5,6)70-69-24-12-14-35(56)19-22-65-23-21-55-41(58)16-17-42(55)59/h11,13,15-17,26-27,32-33,37-39,45,63H,12,14,18-25,28-29H2,1-10H3,(H,52,62)/b15-11+,30-13+/t32-,33+,37+,38-,39+,45+,49+,50+/m1/s1. The number of benzene rings is 1. The van der Waals surface area contributed by atoms with Gasteiger partial charge in [0.15, 0.2) is 5.72 Å². The molecule has 8 atom stereocenters. The predicted molar refractivity (Wildman–Crippen MR) is 268 cm³/mol. The Kier molecular flexibility index (Phi) is 19.8. The molecule has 17 nitrogen and oxygen atoms in total. The molecule has 4 aliphatic heterocycles. The highest BCUT2D eigenvalue weighted by Crippen LogP contribution is 2.49. The monoisotopic (exact) mass is 1030 g/mol. The first kappa shape index (κ1) is 56.7. The van der Waals surface area contributed by atoms with Crippen LogP contribution in [0.3, 0.4) is 0 Å². The number of halogens is 1. The number of allylic oxidation sites excluding steroid dienone is 3. The first-order chi connectivity index (χ1) is 32.9. The average Bonchev–Trinajstić information content (AvgIpc) is 3.90. The highest BCUT2D eigenvalue weighted by Gasteiger charge is 2.64. The Labute approximate surface area is 424 Å². The molecule has 4 bridgehead atoms. The summed E-state index contributed by atoms with van der Waals surface area (Å²) in [6, 6.07) is 2.76. The van der Waals surface area contributed by atoms with Gasteiger partial charge in [-0.15, -0.1) is 0 Å². The Hall–Kier alpha value is -4.24. The second-order valence-corrected chi connectivity index (χ2v) is 22.9. The van der Waals surface area contributed by atoms with Crippen LogP contribution in [0, 0.1) is 12.8 Å². The molecule has 0 unspecified atom stereocenters. The largest absolute Gasteiger partial charge is 0.457 e. The zero-order valence-corrected chi connectivity index (χ0v) is 44.3. The molecule has 386 valence electrons. The van der Waals surface area contributed by atoms with Crippen molar-refractivity contribution >= 4 is 80.4 Å². The van der Waals surface area contributed by atoms with Gasteiger partial charge >= 0.3 is 12.1 Å². The molecule has 0 radical (unpaired) electrons. The lowest BCUT2D eigenvalue weighted by Crippen LogP contribution is -2.63. The van der Waals surface area contributed by atoms with Gasteiger partial charge in [-0.05, 0) is 78.0 Å². The van der Waals surface area contributed by atoms with Crippen LogP contribution in [-0.2, 0) is 58.9 Å². The highest BCUT2D eigenvalue weighted by molar-refractivity contribution is 8.77. The number of methoxy groups -OCH3 is 1. The summed E-state index contributed by atoms with van der Waals surface area (Å²) < 4.78 is 29.0. The number of nitrogens with zero attached hydrogens (tertiary/aromatic N) is 3. The first-order valence-electron chi connectivity index (χ1n) is 23.6. The minimum absolute atomic E-state index is 0.0622. The number of aryl methyl sites for hydroxylation is 1. The molecule has 0 aromatic heterocycles. The van der Waals surface area contributed by atoms with Crippen LogP contribution in [-0.4, -0.2) is 150 Å². The van der Waals surface area contributed by atoms with E-state index in [9.17, 15) is 38.7 Å². The fourth-order valence-corrected chi connectivity index (χ4v) is 11.5. The number of carbonyl (C=O) groups excluding carboxylic acids is 7. The molecule has 5 amide bonds. The van der Waals surface area contributed by atoms with Gasteiger partial charge < -0.3 is 38.6 Å². The normalized spacial score (nSPS) is 27.8. The Bertz CT molecular complexity index is 2220. The number of Topliss-reactive ketones (excluding diaryl/α,β-unsaturated/α-hetero) is 1. The third-order valence-corrected chi connectivity index (χ3v) is 17.2. The number of imide groups is 1. The summed E-state index contributed by atoms with van der Waals surface area (Å²) in [5.74, 6) is -1.94. The number of aliphatic hydroxyl groups is 1. The minimum atomic E-state index is -1.84. The van der Waals surface area contributed by atoms with Crippen molar-refractivity contribution in [3.63, 3.8) is 0 Å². The van der Waals surface area contributed by atoms with Gasteiger partial charge in [-0.2, -0.15) is 0 Å². The quantitative estimate of drug-likeness (QED) is 0.0503. The number of alkyl carbamates (subject to hydrolysis) is 1. The van der Waals surface area contributed by atoms with Crippen molar-refractivity contribution in [1.82, 2.24) is 15.1 Å². The highest BCUT2D eigenvalue weighted by atomic mass is 35.5. The number of nitrogens with one attached hydrogen (secondary N) is 1. The zero-order chi connectivity index (χ0) is 51.7. The van der Waals surface area contributed by atoms with Crippen molar-refractivity contribution in [2.24, 2.45) is 5.92 Å². The molecule has 0 saturated carbocycles. The van der Waals surface area contributed by atoms with Crippen LogP contribution < -0.4 is 10.2 Å². The molecule has 5 rings (SSSR count). The Balaban J connectivity index is 1.19. The number of hydrogen-bond acceptors (Lipinski definition) is 15. The number of esters is 1. The molecular weight excluding hydrogens is 964 g/mol. The van der Waals surface area contributed by atoms with Gasteiger partial charge in [0.05, 0.1) is 43.0 Å². The third kappa shape index (κ3) is 14.7. The maximum absolute atomic E-state index is 14.3. The van der Waals surface area contributed by atoms with E-state index in [1.807, 2.05) is 45.9 Å². The molecule has 0 spiro atoms. The number of epoxide rings is 1. The lowest BCUT2D eigenvalue weighted by Gasteiger charge is -2.42. The lowest BCUT2D eigenvalue weighted by atomic mass is 9.83. The Morgan fingerprint density at radius 2 is 1.79 bits per heavy atom. The van der Waals surface area contributed by atoms with E-state index < -0.39 is 65.7 Å². The molecule has 2 fully saturated rings. The van der Waals surface area contributed by atoms with Gasteiger partial charge in [0.25, 0.3) is 11.8 Å².